The fourth-order valence-corrected chi connectivity index (χ4v) is 5.42. The first kappa shape index (κ1) is 23.0. The van der Waals surface area contributed by atoms with Crippen molar-refractivity contribution in [2.45, 2.75) is 13.0 Å². The third-order valence-corrected chi connectivity index (χ3v) is 7.65. The topological polar surface area (TPSA) is 87.5 Å². The molecule has 0 saturated carbocycles. The number of anilines is 1. The third-order valence-electron chi connectivity index (χ3n) is 5.87. The monoisotopic (exact) mass is 467 g/mol. The SMILES string of the molecule is Cc1cccc(N2CCN(S(=O)(=O)CC(=O)NC(c3ccccc3)c3nccn3C)CC2)c1. The Morgan fingerprint density at radius 3 is 2.42 bits per heavy atom. The zero-order valence-electron chi connectivity index (χ0n) is 18.9. The molecule has 174 valence electrons. The highest BCUT2D eigenvalue weighted by Crippen LogP contribution is 2.21. The van der Waals surface area contributed by atoms with Gasteiger partial charge in [-0.2, -0.15) is 4.31 Å². The predicted molar refractivity (Wildman–Crippen MR) is 128 cm³/mol. The van der Waals surface area contributed by atoms with Crippen molar-refractivity contribution in [1.29, 1.82) is 0 Å². The average molecular weight is 468 g/mol. The predicted octanol–water partition coefficient (Wildman–Crippen LogP) is 2.09. The van der Waals surface area contributed by atoms with Crippen molar-refractivity contribution in [3.63, 3.8) is 0 Å². The number of sulfonamides is 1. The van der Waals surface area contributed by atoms with Crippen LogP contribution >= 0.6 is 0 Å². The Kier molecular flexibility index (Phi) is 6.80. The molecule has 1 atom stereocenters. The van der Waals surface area contributed by atoms with Crippen molar-refractivity contribution in [3.05, 3.63) is 83.9 Å². The van der Waals surface area contributed by atoms with E-state index in [1.165, 1.54) is 9.87 Å². The van der Waals surface area contributed by atoms with Crippen molar-refractivity contribution in [2.24, 2.45) is 7.05 Å². The van der Waals surface area contributed by atoms with Gasteiger partial charge in [-0.25, -0.2) is 13.4 Å². The largest absolute Gasteiger partial charge is 0.369 e. The zero-order valence-corrected chi connectivity index (χ0v) is 19.7. The maximum atomic E-state index is 13.0. The molecule has 2 heterocycles. The van der Waals surface area contributed by atoms with Gasteiger partial charge >= 0.3 is 0 Å². The molecule has 1 aromatic heterocycles. The fraction of sp³-hybridized carbons (Fsp3) is 0.333. The Bertz CT molecular complexity index is 1200. The van der Waals surface area contributed by atoms with Crippen LogP contribution in [-0.4, -0.2) is 60.1 Å². The molecule has 3 aromatic rings. The van der Waals surface area contributed by atoms with E-state index in [4.69, 9.17) is 0 Å². The lowest BCUT2D eigenvalue weighted by Crippen LogP contribution is -2.50. The lowest BCUT2D eigenvalue weighted by Gasteiger charge is -2.35. The molecule has 0 aliphatic carbocycles. The van der Waals surface area contributed by atoms with Crippen LogP contribution < -0.4 is 10.2 Å². The van der Waals surface area contributed by atoms with Gasteiger partial charge in [0.05, 0.1) is 0 Å². The van der Waals surface area contributed by atoms with Gasteiger partial charge in [0.15, 0.2) is 0 Å². The van der Waals surface area contributed by atoms with Crippen LogP contribution in [0.25, 0.3) is 0 Å². The first-order chi connectivity index (χ1) is 15.8. The number of aromatic nitrogens is 2. The summed E-state index contributed by atoms with van der Waals surface area (Å²) in [6.07, 6.45) is 3.45. The van der Waals surface area contributed by atoms with Crippen LogP contribution in [0.5, 0.6) is 0 Å². The molecule has 4 rings (SSSR count). The van der Waals surface area contributed by atoms with Crippen molar-refractivity contribution >= 4 is 21.6 Å². The number of hydrogen-bond donors (Lipinski definition) is 1. The second-order valence-electron chi connectivity index (χ2n) is 8.29. The highest BCUT2D eigenvalue weighted by Gasteiger charge is 2.30. The van der Waals surface area contributed by atoms with Crippen LogP contribution in [0, 0.1) is 6.92 Å². The van der Waals surface area contributed by atoms with Crippen LogP contribution in [0.4, 0.5) is 5.69 Å². The molecule has 1 N–H and O–H groups in total. The van der Waals surface area contributed by atoms with E-state index in [9.17, 15) is 13.2 Å². The van der Waals surface area contributed by atoms with E-state index in [-0.39, 0.29) is 0 Å². The minimum atomic E-state index is -3.74. The molecule has 1 amide bonds. The molecule has 33 heavy (non-hydrogen) atoms. The summed E-state index contributed by atoms with van der Waals surface area (Å²) in [6, 6.07) is 17.1. The quantitative estimate of drug-likeness (QED) is 0.575. The van der Waals surface area contributed by atoms with Crippen LogP contribution in [0.3, 0.4) is 0 Å². The highest BCUT2D eigenvalue weighted by molar-refractivity contribution is 7.89. The number of hydrogen-bond acceptors (Lipinski definition) is 5. The summed E-state index contributed by atoms with van der Waals surface area (Å²) < 4.78 is 29.2. The van der Waals surface area contributed by atoms with Crippen molar-refractivity contribution in [2.75, 3.05) is 36.8 Å². The number of imidazole rings is 1. The van der Waals surface area contributed by atoms with Gasteiger partial charge in [-0.3, -0.25) is 4.79 Å². The van der Waals surface area contributed by atoms with Crippen LogP contribution in [-0.2, 0) is 21.9 Å². The van der Waals surface area contributed by atoms with Gasteiger partial charge < -0.3 is 14.8 Å². The summed E-state index contributed by atoms with van der Waals surface area (Å²) >= 11 is 0. The van der Waals surface area contributed by atoms with E-state index in [1.54, 1.807) is 12.4 Å². The average Bonchev–Trinajstić information content (AvgIpc) is 3.23. The Balaban J connectivity index is 1.41. The van der Waals surface area contributed by atoms with E-state index >= 15 is 0 Å². The second kappa shape index (κ2) is 9.76. The Morgan fingerprint density at radius 1 is 1.06 bits per heavy atom. The standard InChI is InChI=1S/C24H29N5O3S/c1-19-7-6-10-21(17-19)28-13-15-29(16-14-28)33(31,32)18-22(30)26-23(20-8-4-3-5-9-20)24-25-11-12-27(24)2/h3-12,17,23H,13-16,18H2,1-2H3,(H,26,30). The Hall–Kier alpha value is -3.17. The minimum Gasteiger partial charge on any atom is -0.369 e. The molecule has 0 spiro atoms. The van der Waals surface area contributed by atoms with Gasteiger partial charge in [-0.1, -0.05) is 42.5 Å². The number of piperazine rings is 1. The summed E-state index contributed by atoms with van der Waals surface area (Å²) in [5.41, 5.74) is 3.09. The van der Waals surface area contributed by atoms with Gasteiger partial charge in [0.25, 0.3) is 0 Å². The Labute approximate surface area is 194 Å². The second-order valence-corrected chi connectivity index (χ2v) is 10.3. The van der Waals surface area contributed by atoms with Crippen LogP contribution in [0.1, 0.15) is 23.0 Å². The zero-order chi connectivity index (χ0) is 23.4. The van der Waals surface area contributed by atoms with Crippen LogP contribution in [0.15, 0.2) is 67.0 Å². The van der Waals surface area contributed by atoms with E-state index in [1.807, 2.05) is 67.1 Å². The summed E-state index contributed by atoms with van der Waals surface area (Å²) in [6.45, 7) is 3.92. The molecular formula is C24H29N5O3S. The van der Waals surface area contributed by atoms with Gasteiger partial charge in [-0.15, -0.1) is 0 Å². The molecular weight excluding hydrogens is 438 g/mol. The number of aryl methyl sites for hydroxylation is 2. The smallest absolute Gasteiger partial charge is 0.237 e. The third kappa shape index (κ3) is 5.43. The van der Waals surface area contributed by atoms with E-state index in [0.717, 1.165) is 11.3 Å². The number of nitrogens with zero attached hydrogens (tertiary/aromatic N) is 4. The van der Waals surface area contributed by atoms with Gasteiger partial charge in [0.1, 0.15) is 17.6 Å². The molecule has 2 aromatic carbocycles. The number of amides is 1. The molecule has 9 heteroatoms. The molecule has 0 radical (unpaired) electrons. The maximum absolute atomic E-state index is 13.0. The number of benzene rings is 2. The highest BCUT2D eigenvalue weighted by atomic mass is 32.2. The first-order valence-electron chi connectivity index (χ1n) is 10.9. The van der Waals surface area contributed by atoms with Gasteiger partial charge in [0.2, 0.25) is 15.9 Å². The van der Waals surface area contributed by atoms with Gasteiger partial charge in [-0.05, 0) is 30.2 Å². The molecule has 1 unspecified atom stereocenters. The lowest BCUT2D eigenvalue weighted by molar-refractivity contribution is -0.119. The summed E-state index contributed by atoms with van der Waals surface area (Å²) in [4.78, 5) is 19.4. The molecule has 1 saturated heterocycles. The van der Waals surface area contributed by atoms with E-state index in [2.05, 4.69) is 21.3 Å². The van der Waals surface area contributed by atoms with Crippen molar-refractivity contribution in [1.82, 2.24) is 19.2 Å². The number of rotatable bonds is 7. The van der Waals surface area contributed by atoms with Gasteiger partial charge in [0, 0.05) is 51.3 Å². The fourth-order valence-electron chi connectivity index (χ4n) is 4.11. The van der Waals surface area contributed by atoms with Crippen molar-refractivity contribution in [3.8, 4) is 0 Å². The number of carbonyl (C=O) groups excluding carboxylic acids is 1. The summed E-state index contributed by atoms with van der Waals surface area (Å²) in [5, 5.41) is 2.87. The molecule has 1 aliphatic rings. The Morgan fingerprint density at radius 2 is 1.79 bits per heavy atom. The summed E-state index contributed by atoms with van der Waals surface area (Å²) in [7, 11) is -1.89. The number of nitrogens with one attached hydrogen (secondary N) is 1. The molecule has 1 aliphatic heterocycles. The van der Waals surface area contributed by atoms with Crippen molar-refractivity contribution < 1.29 is 13.2 Å². The molecule has 1 fully saturated rings. The van der Waals surface area contributed by atoms with E-state index in [0.29, 0.717) is 32.0 Å². The van der Waals surface area contributed by atoms with E-state index < -0.39 is 27.7 Å². The molecule has 0 bridgehead atoms. The minimum absolute atomic E-state index is 0.352. The molecule has 8 nitrogen and oxygen atoms in total. The summed E-state index contributed by atoms with van der Waals surface area (Å²) in [5.74, 6) is -0.503. The lowest BCUT2D eigenvalue weighted by atomic mass is 10.1. The van der Waals surface area contributed by atoms with Crippen LogP contribution in [0.2, 0.25) is 0 Å². The number of carbonyl (C=O) groups is 1. The normalized spacial score (nSPS) is 15.9. The maximum Gasteiger partial charge on any atom is 0.237 e. The first-order valence-corrected chi connectivity index (χ1v) is 12.6.